The van der Waals surface area contributed by atoms with Crippen molar-refractivity contribution >= 4 is 32.8 Å². The fourth-order valence-corrected chi connectivity index (χ4v) is 2.00. The van der Waals surface area contributed by atoms with Crippen LogP contribution in [-0.4, -0.2) is 24.2 Å². The predicted molar refractivity (Wildman–Crippen MR) is 73.1 cm³/mol. The number of H-pyrrole nitrogens is 1. The lowest BCUT2D eigenvalue weighted by atomic mass is 10.1. The number of pyridine rings is 1. The zero-order valence-electron chi connectivity index (χ0n) is 9.91. The van der Waals surface area contributed by atoms with Gasteiger partial charge in [-0.05, 0) is 18.2 Å². The van der Waals surface area contributed by atoms with Crippen molar-refractivity contribution in [2.45, 2.75) is 6.42 Å². The van der Waals surface area contributed by atoms with Gasteiger partial charge < -0.3 is 9.72 Å². The second-order valence-corrected chi connectivity index (χ2v) is 4.82. The average molecular weight is 327 g/mol. The van der Waals surface area contributed by atoms with Crippen molar-refractivity contribution in [3.63, 3.8) is 0 Å². The first-order valence-electron chi connectivity index (χ1n) is 5.67. The number of carbonyl (C=O) groups excluding carboxylic acids is 1. The van der Waals surface area contributed by atoms with Gasteiger partial charge in [-0.25, -0.2) is 4.79 Å². The number of hydrogen-bond donors (Lipinski definition) is 1. The summed E-state index contributed by atoms with van der Waals surface area (Å²) < 4.78 is 17.5. The van der Waals surface area contributed by atoms with E-state index in [2.05, 4.69) is 20.9 Å². The minimum absolute atomic E-state index is 0.0364. The Kier molecular flexibility index (Phi) is 4.31. The summed E-state index contributed by atoms with van der Waals surface area (Å²) in [5, 5.41) is 0.398. The Bertz CT molecular complexity index is 668. The zero-order chi connectivity index (χ0) is 13.8. The molecule has 0 unspecified atom stereocenters. The van der Waals surface area contributed by atoms with E-state index in [1.165, 1.54) is 6.20 Å². The zero-order valence-corrected chi connectivity index (χ0v) is 11.5. The Balaban J connectivity index is 2.37. The molecule has 100 valence electrons. The first-order chi connectivity index (χ1) is 9.13. The van der Waals surface area contributed by atoms with Gasteiger partial charge in [-0.15, -0.1) is 0 Å². The summed E-state index contributed by atoms with van der Waals surface area (Å²) in [7, 11) is 0. The molecule has 4 nitrogen and oxygen atoms in total. The summed E-state index contributed by atoms with van der Waals surface area (Å²) in [6, 6.07) is 5.16. The molecule has 6 heteroatoms. The van der Waals surface area contributed by atoms with Crippen LogP contribution in [0.2, 0.25) is 0 Å². The second kappa shape index (κ2) is 5.97. The van der Waals surface area contributed by atoms with Gasteiger partial charge >= 0.3 is 5.97 Å². The van der Waals surface area contributed by atoms with Crippen LogP contribution in [0.5, 0.6) is 0 Å². The molecule has 0 saturated carbocycles. The summed E-state index contributed by atoms with van der Waals surface area (Å²) in [6.07, 6.45) is 1.44. The lowest BCUT2D eigenvalue weighted by Gasteiger charge is -2.04. The van der Waals surface area contributed by atoms with Gasteiger partial charge in [0.05, 0.1) is 13.3 Å². The minimum Gasteiger partial charge on any atom is -0.462 e. The molecule has 2 aromatic rings. The predicted octanol–water partition coefficient (Wildman–Crippen LogP) is 2.81. The number of ether oxygens (including phenoxy) is 1. The van der Waals surface area contributed by atoms with Crippen LogP contribution in [0.4, 0.5) is 4.39 Å². The van der Waals surface area contributed by atoms with Crippen LogP contribution >= 0.6 is 15.9 Å². The Morgan fingerprint density at radius 3 is 2.95 bits per heavy atom. The molecule has 0 atom stereocenters. The largest absolute Gasteiger partial charge is 0.462 e. The van der Waals surface area contributed by atoms with E-state index in [4.69, 9.17) is 4.74 Å². The number of benzene rings is 1. The number of carbonyl (C=O) groups is 1. The maximum absolute atomic E-state index is 12.1. The van der Waals surface area contributed by atoms with Crippen LogP contribution < -0.4 is 5.43 Å². The fourth-order valence-electron chi connectivity index (χ4n) is 1.64. The Labute approximate surface area is 116 Å². The first-order valence-corrected chi connectivity index (χ1v) is 6.47. The number of rotatable bonds is 4. The number of fused-ring (bicyclic) bond motifs is 1. The topological polar surface area (TPSA) is 59.2 Å². The molecule has 0 aliphatic heterocycles. The van der Waals surface area contributed by atoms with Crippen LogP contribution in [0.25, 0.3) is 10.9 Å². The highest BCUT2D eigenvalue weighted by Crippen LogP contribution is 2.15. The minimum atomic E-state index is -0.739. The smallest absolute Gasteiger partial charge is 0.343 e. The van der Waals surface area contributed by atoms with Crippen molar-refractivity contribution in [2.24, 2.45) is 0 Å². The Morgan fingerprint density at radius 2 is 2.21 bits per heavy atom. The standard InChI is InChI=1S/C13H11BrFNO3/c14-8-2-3-11-9(6-8)12(17)10(7-16-11)13(18)19-5-1-4-15/h2-3,6-7H,1,4-5H2,(H,16,17)/i15-1. The molecule has 0 spiro atoms. The van der Waals surface area contributed by atoms with Gasteiger partial charge in [0.1, 0.15) is 5.56 Å². The summed E-state index contributed by atoms with van der Waals surface area (Å²) in [6.45, 7) is -0.598. The van der Waals surface area contributed by atoms with E-state index in [-0.39, 0.29) is 18.6 Å². The third-order valence-corrected chi connectivity index (χ3v) is 3.07. The normalized spacial score (nSPS) is 10.6. The van der Waals surface area contributed by atoms with E-state index < -0.39 is 18.1 Å². The lowest BCUT2D eigenvalue weighted by molar-refractivity contribution is 0.0492. The third kappa shape index (κ3) is 3.01. The first kappa shape index (κ1) is 13.7. The lowest BCUT2D eigenvalue weighted by Crippen LogP contribution is -2.18. The van der Waals surface area contributed by atoms with E-state index in [9.17, 15) is 14.0 Å². The fraction of sp³-hybridized carbons (Fsp3) is 0.231. The van der Waals surface area contributed by atoms with Gasteiger partial charge in [-0.1, -0.05) is 15.9 Å². The molecule has 0 saturated heterocycles. The van der Waals surface area contributed by atoms with Crippen molar-refractivity contribution in [3.05, 3.63) is 44.7 Å². The highest BCUT2D eigenvalue weighted by Gasteiger charge is 2.14. The maximum Gasteiger partial charge on any atom is 0.343 e. The molecule has 0 amide bonds. The summed E-state index contributed by atoms with van der Waals surface area (Å²) in [5.74, 6) is -0.739. The van der Waals surface area contributed by atoms with Gasteiger partial charge in [-0.2, -0.15) is 0 Å². The summed E-state index contributed by atoms with van der Waals surface area (Å²) in [5.41, 5.74) is 0.151. The SMILES string of the molecule is O=C(OCCC[18F])c1c[nH]c2ccc(Br)cc2c1=O. The molecule has 0 radical (unpaired) electrons. The molecule has 0 fully saturated rings. The molecule has 1 aromatic carbocycles. The highest BCUT2D eigenvalue weighted by molar-refractivity contribution is 9.10. The number of alkyl halides is 1. The van der Waals surface area contributed by atoms with Crippen molar-refractivity contribution in [1.82, 2.24) is 4.98 Å². The van der Waals surface area contributed by atoms with Gasteiger partial charge in [0.25, 0.3) is 0 Å². The Hall–Kier alpha value is -1.69. The number of halogens is 2. The number of esters is 1. The van der Waals surface area contributed by atoms with Crippen molar-refractivity contribution in [1.29, 1.82) is 0 Å². The number of aromatic nitrogens is 1. The van der Waals surface area contributed by atoms with Crippen molar-refractivity contribution in [2.75, 3.05) is 13.3 Å². The van der Waals surface area contributed by atoms with Crippen LogP contribution in [0, 0.1) is 0 Å². The second-order valence-electron chi connectivity index (χ2n) is 3.90. The number of nitrogens with one attached hydrogen (secondary N) is 1. The molecule has 1 aromatic heterocycles. The molecular formula is C13H11BrFNO3. The van der Waals surface area contributed by atoms with Crippen LogP contribution in [-0.2, 0) is 4.74 Å². The maximum atomic E-state index is 12.1. The van der Waals surface area contributed by atoms with Gasteiger partial charge in [0, 0.05) is 28.0 Å². The van der Waals surface area contributed by atoms with E-state index in [0.29, 0.717) is 10.9 Å². The van der Waals surface area contributed by atoms with E-state index >= 15 is 0 Å². The molecule has 1 N–H and O–H groups in total. The average Bonchev–Trinajstić information content (AvgIpc) is 2.40. The summed E-state index contributed by atoms with van der Waals surface area (Å²) >= 11 is 3.27. The number of hydrogen-bond acceptors (Lipinski definition) is 3. The Morgan fingerprint density at radius 1 is 1.42 bits per heavy atom. The van der Waals surface area contributed by atoms with Crippen molar-refractivity contribution < 1.29 is 13.9 Å². The monoisotopic (exact) mass is 326 g/mol. The van der Waals surface area contributed by atoms with Gasteiger partial charge in [-0.3, -0.25) is 9.18 Å². The van der Waals surface area contributed by atoms with Crippen LogP contribution in [0.1, 0.15) is 16.8 Å². The molecule has 0 aliphatic rings. The van der Waals surface area contributed by atoms with Crippen LogP contribution in [0.15, 0.2) is 33.7 Å². The van der Waals surface area contributed by atoms with Crippen LogP contribution in [0.3, 0.4) is 0 Å². The molecular weight excluding hydrogens is 316 g/mol. The third-order valence-electron chi connectivity index (χ3n) is 2.57. The van der Waals surface area contributed by atoms with Gasteiger partial charge in [0.2, 0.25) is 5.43 Å². The molecule has 2 rings (SSSR count). The quantitative estimate of drug-likeness (QED) is 0.694. The van der Waals surface area contributed by atoms with Gasteiger partial charge in [0.15, 0.2) is 0 Å². The van der Waals surface area contributed by atoms with Crippen molar-refractivity contribution in [3.8, 4) is 0 Å². The molecule has 0 aliphatic carbocycles. The van der Waals surface area contributed by atoms with E-state index in [0.717, 1.165) is 4.47 Å². The van der Waals surface area contributed by atoms with E-state index in [1.54, 1.807) is 18.2 Å². The highest BCUT2D eigenvalue weighted by atomic mass is 79.9. The van der Waals surface area contributed by atoms with E-state index in [1.807, 2.05) is 0 Å². The molecule has 0 bridgehead atoms. The molecule has 19 heavy (non-hydrogen) atoms. The summed E-state index contributed by atoms with van der Waals surface area (Å²) in [4.78, 5) is 26.7. The molecule has 1 heterocycles. The number of aromatic amines is 1.